The molecule has 0 heterocycles. The molecule has 0 saturated carbocycles. The summed E-state index contributed by atoms with van der Waals surface area (Å²) in [6, 6.07) is 3.43. The van der Waals surface area contributed by atoms with Gasteiger partial charge in [-0.05, 0) is 19.1 Å². The van der Waals surface area contributed by atoms with Crippen molar-refractivity contribution in [2.45, 2.75) is 19.9 Å². The summed E-state index contributed by atoms with van der Waals surface area (Å²) < 4.78 is 45.2. The van der Waals surface area contributed by atoms with E-state index in [1.165, 1.54) is 6.92 Å². The van der Waals surface area contributed by atoms with Crippen LogP contribution in [0.3, 0.4) is 0 Å². The van der Waals surface area contributed by atoms with Crippen LogP contribution in [-0.2, 0) is 11.3 Å². The van der Waals surface area contributed by atoms with Crippen molar-refractivity contribution in [3.05, 3.63) is 28.8 Å². The molecule has 1 aromatic carbocycles. The van der Waals surface area contributed by atoms with E-state index in [-0.39, 0.29) is 23.3 Å². The minimum atomic E-state index is -5.01. The summed E-state index contributed by atoms with van der Waals surface area (Å²) in [5.74, 6) is -1.75. The number of nitrogens with zero attached hydrogens (tertiary/aromatic N) is 1. The monoisotopic (exact) mass is 289 g/mol. The van der Waals surface area contributed by atoms with Crippen molar-refractivity contribution in [2.24, 2.45) is 0 Å². The first-order valence-corrected chi connectivity index (χ1v) is 5.43. The molecule has 5 nitrogen and oxygen atoms in total. The molecular weight excluding hydrogens is 279 g/mol. The van der Waals surface area contributed by atoms with Crippen LogP contribution in [0.2, 0.25) is 0 Å². The van der Waals surface area contributed by atoms with E-state index in [1.807, 2.05) is 0 Å². The van der Waals surface area contributed by atoms with Crippen molar-refractivity contribution in [3.8, 4) is 11.8 Å². The van der Waals surface area contributed by atoms with Gasteiger partial charge in [0.05, 0.1) is 30.4 Å². The lowest BCUT2D eigenvalue weighted by Gasteiger charge is -2.15. The number of nitriles is 1. The fourth-order valence-corrected chi connectivity index (χ4v) is 1.48. The van der Waals surface area contributed by atoms with Crippen molar-refractivity contribution < 1.29 is 32.5 Å². The molecule has 0 fully saturated rings. The van der Waals surface area contributed by atoms with Gasteiger partial charge in [-0.15, -0.1) is 13.2 Å². The second-order valence-corrected chi connectivity index (χ2v) is 3.54. The summed E-state index contributed by atoms with van der Waals surface area (Å²) in [7, 11) is 0. The molecule has 1 aromatic rings. The average molecular weight is 289 g/mol. The van der Waals surface area contributed by atoms with E-state index in [0.717, 1.165) is 12.1 Å². The van der Waals surface area contributed by atoms with Gasteiger partial charge in [0.25, 0.3) is 0 Å². The highest BCUT2D eigenvalue weighted by Gasteiger charge is 2.33. The molecule has 0 aromatic heterocycles. The maximum atomic E-state index is 12.3. The van der Waals surface area contributed by atoms with Gasteiger partial charge in [-0.1, -0.05) is 0 Å². The molecule has 1 rings (SSSR count). The smallest absolute Gasteiger partial charge is 0.462 e. The van der Waals surface area contributed by atoms with Crippen molar-refractivity contribution in [1.29, 1.82) is 5.26 Å². The van der Waals surface area contributed by atoms with E-state index in [4.69, 9.17) is 10.4 Å². The quantitative estimate of drug-likeness (QED) is 0.859. The first kappa shape index (κ1) is 15.8. The molecule has 0 saturated heterocycles. The molecular formula is C12H10F3NO4. The van der Waals surface area contributed by atoms with Crippen molar-refractivity contribution in [2.75, 3.05) is 6.61 Å². The lowest BCUT2D eigenvalue weighted by Crippen LogP contribution is -2.20. The van der Waals surface area contributed by atoms with E-state index >= 15 is 0 Å². The second kappa shape index (κ2) is 6.25. The summed E-state index contributed by atoms with van der Waals surface area (Å²) in [5.41, 5.74) is -0.947. The highest BCUT2D eigenvalue weighted by atomic mass is 19.4. The van der Waals surface area contributed by atoms with E-state index < -0.39 is 24.7 Å². The van der Waals surface area contributed by atoms with Gasteiger partial charge in [-0.2, -0.15) is 5.26 Å². The Morgan fingerprint density at radius 3 is 2.55 bits per heavy atom. The Balaban J connectivity index is 3.39. The summed E-state index contributed by atoms with van der Waals surface area (Å²) in [5, 5.41) is 17.9. The molecule has 0 spiro atoms. The minimum absolute atomic E-state index is 0.00402. The zero-order valence-corrected chi connectivity index (χ0v) is 10.3. The predicted octanol–water partition coefficient (Wildman–Crippen LogP) is 2.13. The van der Waals surface area contributed by atoms with Crippen LogP contribution in [0.25, 0.3) is 0 Å². The van der Waals surface area contributed by atoms with Gasteiger partial charge in [0.2, 0.25) is 0 Å². The third-order valence-corrected chi connectivity index (χ3v) is 2.22. The van der Waals surface area contributed by atoms with E-state index in [9.17, 15) is 18.0 Å². The summed E-state index contributed by atoms with van der Waals surface area (Å²) in [6.07, 6.45) is -5.01. The second-order valence-electron chi connectivity index (χ2n) is 3.54. The summed E-state index contributed by atoms with van der Waals surface area (Å²) in [6.45, 7) is 0.638. The Labute approximate surface area is 112 Å². The highest BCUT2D eigenvalue weighted by Crippen LogP contribution is 2.30. The number of rotatable bonds is 4. The maximum Gasteiger partial charge on any atom is 0.573 e. The zero-order valence-electron chi connectivity index (χ0n) is 10.3. The van der Waals surface area contributed by atoms with Crippen molar-refractivity contribution >= 4 is 5.97 Å². The lowest BCUT2D eigenvalue weighted by atomic mass is 10.0. The Morgan fingerprint density at radius 1 is 1.45 bits per heavy atom. The number of ether oxygens (including phenoxy) is 2. The Morgan fingerprint density at radius 2 is 2.10 bits per heavy atom. The molecule has 0 atom stereocenters. The van der Waals surface area contributed by atoms with E-state index in [2.05, 4.69) is 9.47 Å². The average Bonchev–Trinajstić information content (AvgIpc) is 2.36. The number of halogens is 3. The molecule has 0 aliphatic rings. The third-order valence-electron chi connectivity index (χ3n) is 2.22. The number of esters is 1. The Kier molecular flexibility index (Phi) is 4.94. The maximum absolute atomic E-state index is 12.3. The van der Waals surface area contributed by atoms with Crippen LogP contribution in [0.5, 0.6) is 5.75 Å². The van der Waals surface area contributed by atoms with Crippen LogP contribution in [-0.4, -0.2) is 24.0 Å². The van der Waals surface area contributed by atoms with Crippen LogP contribution >= 0.6 is 0 Å². The minimum Gasteiger partial charge on any atom is -0.462 e. The molecule has 0 aliphatic heterocycles. The lowest BCUT2D eigenvalue weighted by molar-refractivity contribution is -0.275. The zero-order chi connectivity index (χ0) is 15.3. The van der Waals surface area contributed by atoms with Crippen molar-refractivity contribution in [1.82, 2.24) is 0 Å². The van der Waals surface area contributed by atoms with Crippen LogP contribution in [0.1, 0.15) is 28.4 Å². The fourth-order valence-electron chi connectivity index (χ4n) is 1.48. The molecule has 0 unspecified atom stereocenters. The molecule has 0 aliphatic carbocycles. The number of hydrogen-bond acceptors (Lipinski definition) is 5. The number of benzene rings is 1. The number of carbonyl (C=O) groups excluding carboxylic acids is 1. The SMILES string of the molecule is CCOC(=O)c1cc(C#N)cc(OC(F)(F)F)c1CO. The fraction of sp³-hybridized carbons (Fsp3) is 0.333. The molecule has 0 amide bonds. The first-order valence-electron chi connectivity index (χ1n) is 5.43. The van der Waals surface area contributed by atoms with Gasteiger partial charge in [0, 0.05) is 5.56 Å². The standard InChI is InChI=1S/C12H10F3NO4/c1-2-19-11(18)8-3-7(5-16)4-10(9(8)6-17)20-12(13,14)15/h3-4,17H,2,6H2,1H3. The number of carbonyl (C=O) groups is 1. The molecule has 20 heavy (non-hydrogen) atoms. The van der Waals surface area contributed by atoms with E-state index in [1.54, 1.807) is 6.07 Å². The summed E-state index contributed by atoms with van der Waals surface area (Å²) >= 11 is 0. The van der Waals surface area contributed by atoms with Crippen LogP contribution < -0.4 is 4.74 Å². The molecule has 0 bridgehead atoms. The molecule has 0 radical (unpaired) electrons. The highest BCUT2D eigenvalue weighted by molar-refractivity contribution is 5.92. The van der Waals surface area contributed by atoms with Gasteiger partial charge in [-0.3, -0.25) is 0 Å². The van der Waals surface area contributed by atoms with Crippen LogP contribution in [0.4, 0.5) is 13.2 Å². The molecule has 8 heteroatoms. The largest absolute Gasteiger partial charge is 0.573 e. The molecule has 108 valence electrons. The Bertz CT molecular complexity index is 549. The van der Waals surface area contributed by atoms with E-state index in [0.29, 0.717) is 0 Å². The van der Waals surface area contributed by atoms with Crippen LogP contribution in [0, 0.1) is 11.3 Å². The number of alkyl halides is 3. The summed E-state index contributed by atoms with van der Waals surface area (Å²) in [4.78, 5) is 11.6. The van der Waals surface area contributed by atoms with Gasteiger partial charge in [0.1, 0.15) is 5.75 Å². The number of aliphatic hydroxyl groups is 1. The predicted molar refractivity (Wildman–Crippen MR) is 59.7 cm³/mol. The molecule has 1 N–H and O–H groups in total. The Hall–Kier alpha value is -2.27. The van der Waals surface area contributed by atoms with Gasteiger partial charge < -0.3 is 14.6 Å². The topological polar surface area (TPSA) is 79.6 Å². The number of aliphatic hydroxyl groups excluding tert-OH is 1. The van der Waals surface area contributed by atoms with Gasteiger partial charge in [0.15, 0.2) is 0 Å². The number of hydrogen-bond donors (Lipinski definition) is 1. The van der Waals surface area contributed by atoms with Gasteiger partial charge in [-0.25, -0.2) is 4.79 Å². The van der Waals surface area contributed by atoms with Crippen molar-refractivity contribution in [3.63, 3.8) is 0 Å². The third kappa shape index (κ3) is 3.86. The van der Waals surface area contributed by atoms with Gasteiger partial charge >= 0.3 is 12.3 Å². The first-order chi connectivity index (χ1) is 9.32. The van der Waals surface area contributed by atoms with Crippen LogP contribution in [0.15, 0.2) is 12.1 Å². The normalized spacial score (nSPS) is 10.8.